The van der Waals surface area contributed by atoms with Crippen LogP contribution in [0.25, 0.3) is 15.9 Å². The number of nitrogens with one attached hydrogen (secondary N) is 2. The second-order valence-corrected chi connectivity index (χ2v) is 13.9. The van der Waals surface area contributed by atoms with Crippen LogP contribution in [0.3, 0.4) is 0 Å². The van der Waals surface area contributed by atoms with Crippen LogP contribution in [0, 0.1) is 24.0 Å². The number of nitro groups is 1. The Hall–Kier alpha value is -5.25. The number of aryl methyl sites for hydroxylation is 2. The summed E-state index contributed by atoms with van der Waals surface area (Å²) >= 11 is 3.88. The summed E-state index contributed by atoms with van der Waals surface area (Å²) in [4.78, 5) is 40.8. The van der Waals surface area contributed by atoms with Gasteiger partial charge in [-0.2, -0.15) is 0 Å². The minimum absolute atomic E-state index is 0.0275. The summed E-state index contributed by atoms with van der Waals surface area (Å²) in [5.41, 5.74) is 4.49. The van der Waals surface area contributed by atoms with Crippen LogP contribution >= 0.6 is 34.9 Å². The van der Waals surface area contributed by atoms with Crippen molar-refractivity contribution in [3.63, 3.8) is 0 Å². The Morgan fingerprint density at radius 1 is 0.878 bits per heavy atom. The minimum Gasteiger partial charge on any atom is -0.486 e. The number of ether oxygens (including phenoxy) is 1. The van der Waals surface area contributed by atoms with Crippen LogP contribution in [-0.2, 0) is 16.2 Å². The first kappa shape index (κ1) is 33.6. The summed E-state index contributed by atoms with van der Waals surface area (Å²) < 4.78 is 9.43. The van der Waals surface area contributed by atoms with Gasteiger partial charge in [0.2, 0.25) is 11.8 Å². The van der Waals surface area contributed by atoms with Crippen molar-refractivity contribution in [2.45, 2.75) is 30.0 Å². The van der Waals surface area contributed by atoms with Gasteiger partial charge in [0.05, 0.1) is 26.6 Å². The normalized spacial score (nSPS) is 11.0. The highest BCUT2D eigenvalue weighted by atomic mass is 32.2. The van der Waals surface area contributed by atoms with Crippen LogP contribution in [0.5, 0.6) is 5.75 Å². The molecular weight excluding hydrogens is 683 g/mol. The number of nitrogens with zero attached hydrogens (tertiary/aromatic N) is 5. The molecule has 0 bridgehead atoms. The van der Waals surface area contributed by atoms with E-state index >= 15 is 0 Å². The van der Waals surface area contributed by atoms with Crippen molar-refractivity contribution >= 4 is 74.0 Å². The van der Waals surface area contributed by atoms with Gasteiger partial charge in [0.25, 0.3) is 5.69 Å². The standard InChI is InChI=1S/C34H29N7O5S3/c1-21-12-14-25(16-22(21)2)46-18-30-38-39-33(40(30)24-8-4-3-5-9-24)47-19-31(42)35-23-13-15-27-29(17-23)49-34(37-27)48-20-32(43)36-26-10-6-7-11-28(26)41(44)45/h3-17H,18-20H2,1-2H3,(H,35,42)(H,36,43). The number of aromatic nitrogens is 4. The number of nitro benzene ring substituents is 1. The number of thioether (sulfide) groups is 2. The van der Waals surface area contributed by atoms with Crippen LogP contribution in [-0.4, -0.2) is 48.0 Å². The zero-order valence-corrected chi connectivity index (χ0v) is 28.7. The lowest BCUT2D eigenvalue weighted by Crippen LogP contribution is -2.15. The second kappa shape index (κ2) is 15.3. The molecule has 0 aliphatic carbocycles. The Kier molecular flexibility index (Phi) is 10.5. The van der Waals surface area contributed by atoms with E-state index in [9.17, 15) is 19.7 Å². The number of carbonyl (C=O) groups excluding carboxylic acids is 2. The molecule has 0 radical (unpaired) electrons. The lowest BCUT2D eigenvalue weighted by atomic mass is 10.1. The van der Waals surface area contributed by atoms with E-state index in [-0.39, 0.29) is 41.3 Å². The van der Waals surface area contributed by atoms with Crippen molar-refractivity contribution in [2.24, 2.45) is 0 Å². The van der Waals surface area contributed by atoms with E-state index in [0.717, 1.165) is 27.2 Å². The van der Waals surface area contributed by atoms with E-state index in [4.69, 9.17) is 4.74 Å². The predicted octanol–water partition coefficient (Wildman–Crippen LogP) is 7.44. The van der Waals surface area contributed by atoms with E-state index in [1.54, 1.807) is 24.3 Å². The zero-order valence-electron chi connectivity index (χ0n) is 26.3. The molecule has 0 unspecified atom stereocenters. The third-order valence-corrected chi connectivity index (χ3v) is 10.3. The van der Waals surface area contributed by atoms with Gasteiger partial charge in [-0.15, -0.1) is 21.5 Å². The van der Waals surface area contributed by atoms with Gasteiger partial charge in [-0.05, 0) is 73.5 Å². The van der Waals surface area contributed by atoms with Crippen molar-refractivity contribution in [2.75, 3.05) is 22.1 Å². The van der Waals surface area contributed by atoms with E-state index in [1.165, 1.54) is 52.6 Å². The van der Waals surface area contributed by atoms with Crippen LogP contribution in [0.1, 0.15) is 17.0 Å². The third-order valence-electron chi connectivity index (χ3n) is 7.25. The monoisotopic (exact) mass is 711 g/mol. The molecule has 6 rings (SSSR count). The predicted molar refractivity (Wildman–Crippen MR) is 193 cm³/mol. The SMILES string of the molecule is Cc1ccc(OCc2nnc(SCC(=O)Nc3ccc4nc(SCC(=O)Nc5ccccc5[N+](=O)[O-])sc4c3)n2-c2ccccc2)cc1C. The largest absolute Gasteiger partial charge is 0.486 e. The van der Waals surface area contributed by atoms with Crippen LogP contribution in [0.15, 0.2) is 100 Å². The Morgan fingerprint density at radius 2 is 1.63 bits per heavy atom. The number of hydrogen-bond acceptors (Lipinski definition) is 11. The average Bonchev–Trinajstić information content (AvgIpc) is 3.71. The minimum atomic E-state index is -0.539. The maximum atomic E-state index is 13.0. The third kappa shape index (κ3) is 8.43. The molecule has 49 heavy (non-hydrogen) atoms. The summed E-state index contributed by atoms with van der Waals surface area (Å²) in [5, 5.41) is 26.1. The molecule has 2 amide bonds. The lowest BCUT2D eigenvalue weighted by Gasteiger charge is -2.12. The second-order valence-electron chi connectivity index (χ2n) is 10.7. The van der Waals surface area contributed by atoms with Crippen molar-refractivity contribution in [3.8, 4) is 11.4 Å². The number of fused-ring (bicyclic) bond motifs is 1. The molecule has 0 aliphatic rings. The number of para-hydroxylation sites is 3. The smallest absolute Gasteiger partial charge is 0.292 e. The van der Waals surface area contributed by atoms with E-state index in [0.29, 0.717) is 21.0 Å². The van der Waals surface area contributed by atoms with Gasteiger partial charge in [-0.25, -0.2) is 4.98 Å². The van der Waals surface area contributed by atoms with Crippen LogP contribution < -0.4 is 15.4 Å². The first-order valence-electron chi connectivity index (χ1n) is 14.9. The van der Waals surface area contributed by atoms with Crippen molar-refractivity contribution in [3.05, 3.63) is 118 Å². The van der Waals surface area contributed by atoms with Gasteiger partial charge in [-0.1, -0.05) is 59.9 Å². The van der Waals surface area contributed by atoms with Gasteiger partial charge in [-0.3, -0.25) is 24.3 Å². The van der Waals surface area contributed by atoms with Gasteiger partial charge in [0.15, 0.2) is 15.3 Å². The molecule has 0 atom stereocenters. The molecule has 0 fully saturated rings. The first-order chi connectivity index (χ1) is 23.7. The highest BCUT2D eigenvalue weighted by molar-refractivity contribution is 8.01. The molecule has 12 nitrogen and oxygen atoms in total. The molecule has 2 N–H and O–H groups in total. The number of carbonyl (C=O) groups is 2. The summed E-state index contributed by atoms with van der Waals surface area (Å²) in [7, 11) is 0. The van der Waals surface area contributed by atoms with Gasteiger partial charge in [0.1, 0.15) is 18.0 Å². The highest BCUT2D eigenvalue weighted by Gasteiger charge is 2.18. The topological polar surface area (TPSA) is 154 Å². The number of thiazole rings is 1. The Morgan fingerprint density at radius 3 is 2.43 bits per heavy atom. The molecule has 0 saturated heterocycles. The molecule has 4 aromatic carbocycles. The molecule has 15 heteroatoms. The fourth-order valence-corrected chi connectivity index (χ4v) is 7.38. The van der Waals surface area contributed by atoms with Gasteiger partial charge >= 0.3 is 0 Å². The van der Waals surface area contributed by atoms with Crippen molar-refractivity contribution in [1.82, 2.24) is 19.7 Å². The molecule has 2 aromatic heterocycles. The fraction of sp³-hybridized carbons (Fsp3) is 0.147. The van der Waals surface area contributed by atoms with Gasteiger partial charge in [0, 0.05) is 17.4 Å². The molecule has 6 aromatic rings. The molecule has 2 heterocycles. The summed E-state index contributed by atoms with van der Waals surface area (Å²) in [6, 6.07) is 27.0. The maximum Gasteiger partial charge on any atom is 0.292 e. The van der Waals surface area contributed by atoms with Crippen molar-refractivity contribution in [1.29, 1.82) is 0 Å². The summed E-state index contributed by atoms with van der Waals surface area (Å²) in [5.74, 6) is 0.873. The number of amides is 2. The first-order valence-corrected chi connectivity index (χ1v) is 17.7. The quantitative estimate of drug-likeness (QED) is 0.0702. The Labute approximate surface area is 293 Å². The molecule has 248 valence electrons. The molecule has 0 aliphatic heterocycles. The highest BCUT2D eigenvalue weighted by Crippen LogP contribution is 2.32. The molecular formula is C34H29N7O5S3. The van der Waals surface area contributed by atoms with Crippen molar-refractivity contribution < 1.29 is 19.2 Å². The molecule has 0 saturated carbocycles. The number of benzene rings is 4. The van der Waals surface area contributed by atoms with Crippen LogP contribution in [0.4, 0.5) is 17.1 Å². The zero-order chi connectivity index (χ0) is 34.3. The fourth-order valence-electron chi connectivity index (χ4n) is 4.70. The van der Waals surface area contributed by atoms with E-state index < -0.39 is 4.92 Å². The number of anilines is 2. The van der Waals surface area contributed by atoms with Gasteiger partial charge < -0.3 is 15.4 Å². The summed E-state index contributed by atoms with van der Waals surface area (Å²) in [6.07, 6.45) is 0. The Bertz CT molecular complexity index is 2150. The summed E-state index contributed by atoms with van der Waals surface area (Å²) in [6.45, 7) is 4.29. The van der Waals surface area contributed by atoms with E-state index in [2.05, 4.69) is 32.7 Å². The van der Waals surface area contributed by atoms with Crippen LogP contribution in [0.2, 0.25) is 0 Å². The number of rotatable bonds is 13. The lowest BCUT2D eigenvalue weighted by molar-refractivity contribution is -0.383. The Balaban J connectivity index is 1.06. The number of hydrogen-bond donors (Lipinski definition) is 2. The maximum absolute atomic E-state index is 13.0. The van der Waals surface area contributed by atoms with E-state index in [1.807, 2.05) is 66.1 Å². The molecule has 0 spiro atoms. The average molecular weight is 712 g/mol.